The van der Waals surface area contributed by atoms with Gasteiger partial charge in [-0.25, -0.2) is 0 Å². The molecule has 3 rings (SSSR count). The Labute approximate surface area is 132 Å². The van der Waals surface area contributed by atoms with Gasteiger partial charge in [-0.2, -0.15) is 11.3 Å². The topological polar surface area (TPSA) is 29.3 Å². The van der Waals surface area contributed by atoms with Crippen LogP contribution >= 0.6 is 27.3 Å². The fraction of sp³-hybridized carbons (Fsp3) is 0.375. The minimum absolute atomic E-state index is 0.694. The molecule has 1 aromatic carbocycles. The van der Waals surface area contributed by atoms with Crippen molar-refractivity contribution < 1.29 is 0 Å². The molecule has 0 saturated heterocycles. The van der Waals surface area contributed by atoms with Crippen molar-refractivity contribution in [3.05, 3.63) is 50.6 Å². The van der Waals surface area contributed by atoms with Crippen LogP contribution in [0.5, 0.6) is 0 Å². The van der Waals surface area contributed by atoms with E-state index < -0.39 is 0 Å². The summed E-state index contributed by atoms with van der Waals surface area (Å²) < 4.78 is 1.18. The molecule has 20 heavy (non-hydrogen) atoms. The van der Waals surface area contributed by atoms with Crippen LogP contribution in [0, 0.1) is 0 Å². The van der Waals surface area contributed by atoms with E-state index in [1.807, 2.05) is 0 Å². The van der Waals surface area contributed by atoms with Gasteiger partial charge in [0.2, 0.25) is 0 Å². The zero-order chi connectivity index (χ0) is 13.9. The Kier molecular flexibility index (Phi) is 4.44. The number of hydrogen-bond donors (Lipinski definition) is 1. The highest BCUT2D eigenvalue weighted by molar-refractivity contribution is 9.10. The van der Waals surface area contributed by atoms with E-state index in [0.29, 0.717) is 12.6 Å². The van der Waals surface area contributed by atoms with Gasteiger partial charge in [-0.1, -0.05) is 22.0 Å². The van der Waals surface area contributed by atoms with E-state index in [2.05, 4.69) is 55.9 Å². The molecule has 2 aromatic rings. The van der Waals surface area contributed by atoms with Gasteiger partial charge in [0, 0.05) is 22.7 Å². The molecule has 0 unspecified atom stereocenters. The molecular weight excluding hydrogens is 332 g/mol. The van der Waals surface area contributed by atoms with E-state index in [4.69, 9.17) is 5.73 Å². The van der Waals surface area contributed by atoms with Crippen LogP contribution in [0.3, 0.4) is 0 Å². The Morgan fingerprint density at radius 2 is 2.15 bits per heavy atom. The van der Waals surface area contributed by atoms with Gasteiger partial charge in [0.1, 0.15) is 0 Å². The summed E-state index contributed by atoms with van der Waals surface area (Å²) in [6.07, 6.45) is 3.55. The summed E-state index contributed by atoms with van der Waals surface area (Å²) in [5, 5.41) is 4.40. The molecule has 106 valence electrons. The Bertz CT molecular complexity index is 564. The summed E-state index contributed by atoms with van der Waals surface area (Å²) in [4.78, 5) is 2.53. The average molecular weight is 351 g/mol. The third kappa shape index (κ3) is 3.25. The first-order chi connectivity index (χ1) is 9.78. The maximum absolute atomic E-state index is 5.65. The Balaban J connectivity index is 1.82. The van der Waals surface area contributed by atoms with E-state index in [1.165, 1.54) is 34.1 Å². The molecule has 1 aromatic heterocycles. The predicted octanol–water partition coefficient (Wildman–Crippen LogP) is 4.18. The van der Waals surface area contributed by atoms with E-state index in [1.54, 1.807) is 11.3 Å². The first-order valence-corrected chi connectivity index (χ1v) is 8.77. The van der Waals surface area contributed by atoms with Gasteiger partial charge in [0.05, 0.1) is 0 Å². The second kappa shape index (κ2) is 6.29. The number of nitrogens with zero attached hydrogens (tertiary/aromatic N) is 1. The summed E-state index contributed by atoms with van der Waals surface area (Å²) in [7, 11) is 0. The zero-order valence-corrected chi connectivity index (χ0v) is 13.8. The van der Waals surface area contributed by atoms with Crippen molar-refractivity contribution in [3.8, 4) is 0 Å². The molecule has 4 heteroatoms. The third-order valence-electron chi connectivity index (χ3n) is 3.70. The molecular formula is C16H19BrN2S. The molecule has 0 radical (unpaired) electrons. The fourth-order valence-electron chi connectivity index (χ4n) is 2.47. The van der Waals surface area contributed by atoms with Crippen LogP contribution < -0.4 is 10.6 Å². The van der Waals surface area contributed by atoms with E-state index in [-0.39, 0.29) is 0 Å². The molecule has 0 aliphatic heterocycles. The lowest BCUT2D eigenvalue weighted by atomic mass is 10.1. The van der Waals surface area contributed by atoms with Crippen molar-refractivity contribution in [3.63, 3.8) is 0 Å². The summed E-state index contributed by atoms with van der Waals surface area (Å²) in [5.41, 5.74) is 9.66. The summed E-state index contributed by atoms with van der Waals surface area (Å²) in [6, 6.07) is 9.62. The van der Waals surface area contributed by atoms with Gasteiger partial charge < -0.3 is 10.6 Å². The number of anilines is 1. The van der Waals surface area contributed by atoms with E-state index in [9.17, 15) is 0 Å². The highest BCUT2D eigenvalue weighted by Crippen LogP contribution is 2.35. The number of thiophene rings is 1. The van der Waals surface area contributed by atoms with Crippen molar-refractivity contribution in [2.75, 3.05) is 11.4 Å². The number of benzene rings is 1. The molecule has 2 nitrogen and oxygen atoms in total. The van der Waals surface area contributed by atoms with Gasteiger partial charge in [-0.3, -0.25) is 0 Å². The quantitative estimate of drug-likeness (QED) is 0.846. The molecule has 1 fully saturated rings. The van der Waals surface area contributed by atoms with Crippen LogP contribution in [0.2, 0.25) is 0 Å². The summed E-state index contributed by atoms with van der Waals surface area (Å²) in [5.74, 6) is 0. The highest BCUT2D eigenvalue weighted by atomic mass is 79.9. The Hall–Kier alpha value is -0.840. The minimum Gasteiger partial charge on any atom is -0.364 e. The molecule has 1 heterocycles. The van der Waals surface area contributed by atoms with Gasteiger partial charge >= 0.3 is 0 Å². The molecule has 1 aliphatic rings. The van der Waals surface area contributed by atoms with Crippen LogP contribution in [0.1, 0.15) is 24.0 Å². The number of rotatable bonds is 6. The first-order valence-electron chi connectivity index (χ1n) is 7.04. The van der Waals surface area contributed by atoms with Crippen LogP contribution in [-0.4, -0.2) is 12.6 Å². The molecule has 0 spiro atoms. The second-order valence-corrected chi connectivity index (χ2v) is 6.94. The average Bonchev–Trinajstić information content (AvgIpc) is 3.15. The van der Waals surface area contributed by atoms with Crippen LogP contribution in [0.4, 0.5) is 5.69 Å². The molecule has 0 bridgehead atoms. The second-order valence-electron chi connectivity index (χ2n) is 5.31. The standard InChI is InChI=1S/C16H19BrN2S/c17-16-9-15(2-1-13(16)5-7-18)19(14-3-4-14)10-12-6-8-20-11-12/h1-2,6,8-9,11,14H,3-5,7,10,18H2. The Morgan fingerprint density at radius 3 is 2.75 bits per heavy atom. The van der Waals surface area contributed by atoms with Gasteiger partial charge in [-0.05, 0) is 65.9 Å². The van der Waals surface area contributed by atoms with Crippen LogP contribution in [-0.2, 0) is 13.0 Å². The maximum atomic E-state index is 5.65. The van der Waals surface area contributed by atoms with Crippen molar-refractivity contribution in [1.82, 2.24) is 0 Å². The van der Waals surface area contributed by atoms with Crippen molar-refractivity contribution >= 4 is 33.0 Å². The molecule has 1 aliphatic carbocycles. The van der Waals surface area contributed by atoms with Gasteiger partial charge in [0.25, 0.3) is 0 Å². The molecule has 0 atom stereocenters. The van der Waals surface area contributed by atoms with Gasteiger partial charge in [-0.15, -0.1) is 0 Å². The zero-order valence-electron chi connectivity index (χ0n) is 11.4. The van der Waals surface area contributed by atoms with E-state index in [0.717, 1.165) is 13.0 Å². The van der Waals surface area contributed by atoms with Crippen LogP contribution in [0.15, 0.2) is 39.5 Å². The van der Waals surface area contributed by atoms with Crippen molar-refractivity contribution in [2.45, 2.75) is 31.8 Å². The summed E-state index contributed by atoms with van der Waals surface area (Å²) in [6.45, 7) is 1.70. The molecule has 0 amide bonds. The molecule has 2 N–H and O–H groups in total. The third-order valence-corrected chi connectivity index (χ3v) is 5.17. The monoisotopic (exact) mass is 350 g/mol. The van der Waals surface area contributed by atoms with E-state index >= 15 is 0 Å². The molecule has 1 saturated carbocycles. The Morgan fingerprint density at radius 1 is 1.30 bits per heavy atom. The van der Waals surface area contributed by atoms with Crippen LogP contribution in [0.25, 0.3) is 0 Å². The maximum Gasteiger partial charge on any atom is 0.0440 e. The smallest absolute Gasteiger partial charge is 0.0440 e. The number of nitrogens with two attached hydrogens (primary N) is 1. The highest BCUT2D eigenvalue weighted by Gasteiger charge is 2.29. The number of hydrogen-bond acceptors (Lipinski definition) is 3. The fourth-order valence-corrected chi connectivity index (χ4v) is 3.69. The van der Waals surface area contributed by atoms with Crippen molar-refractivity contribution in [2.24, 2.45) is 5.73 Å². The van der Waals surface area contributed by atoms with Crippen molar-refractivity contribution in [1.29, 1.82) is 0 Å². The SMILES string of the molecule is NCCc1ccc(N(Cc2ccsc2)C2CC2)cc1Br. The lowest BCUT2D eigenvalue weighted by Crippen LogP contribution is -2.24. The lowest BCUT2D eigenvalue weighted by Gasteiger charge is -2.25. The lowest BCUT2D eigenvalue weighted by molar-refractivity contribution is 0.795. The normalized spacial score (nSPS) is 14.5. The number of halogens is 1. The summed E-state index contributed by atoms with van der Waals surface area (Å²) >= 11 is 5.46. The van der Waals surface area contributed by atoms with Gasteiger partial charge in [0.15, 0.2) is 0 Å². The predicted molar refractivity (Wildman–Crippen MR) is 90.4 cm³/mol. The first kappa shape index (κ1) is 14.1. The largest absolute Gasteiger partial charge is 0.364 e. The minimum atomic E-state index is 0.694.